The zero-order valence-corrected chi connectivity index (χ0v) is 10.6. The van der Waals surface area contributed by atoms with Gasteiger partial charge in [-0.15, -0.1) is 0 Å². The number of nitrogens with one attached hydrogen (secondary N) is 3. The highest BCUT2D eigenvalue weighted by Crippen LogP contribution is 2.30. The number of hydrogen-bond donors (Lipinski definition) is 5. The van der Waals surface area contributed by atoms with Gasteiger partial charge in [0.15, 0.2) is 0 Å². The third-order valence-corrected chi connectivity index (χ3v) is 2.49. The number of hydrogen-bond acceptors (Lipinski definition) is 7. The molecule has 7 N–H and O–H groups in total. The van der Waals surface area contributed by atoms with E-state index in [1.54, 1.807) is 0 Å². The first-order valence-corrected chi connectivity index (χ1v) is 5.69. The van der Waals surface area contributed by atoms with Crippen molar-refractivity contribution >= 4 is 23.3 Å². The number of anilines is 4. The van der Waals surface area contributed by atoms with Crippen molar-refractivity contribution in [1.29, 1.82) is 0 Å². The van der Waals surface area contributed by atoms with Gasteiger partial charge < -0.3 is 16.2 Å². The van der Waals surface area contributed by atoms with Crippen LogP contribution in [0.3, 0.4) is 0 Å². The maximum absolute atomic E-state index is 12.5. The van der Waals surface area contributed by atoms with Crippen LogP contribution in [0.1, 0.15) is 5.56 Å². The molecule has 0 saturated heterocycles. The molecule has 0 aliphatic heterocycles. The molecular weight excluding hydrogens is 287 g/mol. The van der Waals surface area contributed by atoms with Crippen LogP contribution in [0.25, 0.3) is 0 Å². The monoisotopic (exact) mass is 299 g/mol. The van der Waals surface area contributed by atoms with Crippen molar-refractivity contribution in [2.75, 3.05) is 16.2 Å². The SMILES string of the molecule is NNc1cc(NN)nc(Nc2ccc(C(F)(F)F)cc2)n1. The molecule has 0 saturated carbocycles. The average molecular weight is 299 g/mol. The van der Waals surface area contributed by atoms with Crippen LogP contribution in [-0.2, 0) is 6.18 Å². The molecule has 1 aromatic heterocycles. The molecule has 1 heterocycles. The van der Waals surface area contributed by atoms with Crippen LogP contribution in [0.4, 0.5) is 36.4 Å². The number of halogens is 3. The highest BCUT2D eigenvalue weighted by atomic mass is 19.4. The normalized spacial score (nSPS) is 11.1. The Balaban J connectivity index is 2.22. The maximum atomic E-state index is 12.5. The summed E-state index contributed by atoms with van der Waals surface area (Å²) in [7, 11) is 0. The fourth-order valence-corrected chi connectivity index (χ4v) is 1.52. The summed E-state index contributed by atoms with van der Waals surface area (Å²) in [5.74, 6) is 11.2. The average Bonchev–Trinajstić information content (AvgIpc) is 2.46. The quantitative estimate of drug-likeness (QED) is 0.432. The van der Waals surface area contributed by atoms with Crippen LogP contribution >= 0.6 is 0 Å². The van der Waals surface area contributed by atoms with Crippen LogP contribution in [0.15, 0.2) is 30.3 Å². The van der Waals surface area contributed by atoms with E-state index < -0.39 is 11.7 Å². The first kappa shape index (κ1) is 14.8. The van der Waals surface area contributed by atoms with Gasteiger partial charge in [0, 0.05) is 11.8 Å². The molecule has 1 aromatic carbocycles. The van der Waals surface area contributed by atoms with E-state index in [4.69, 9.17) is 11.7 Å². The molecule has 0 fully saturated rings. The number of nitrogens with two attached hydrogens (primary N) is 2. The predicted octanol–water partition coefficient (Wildman–Crippen LogP) is 1.81. The van der Waals surface area contributed by atoms with Gasteiger partial charge in [-0.05, 0) is 24.3 Å². The van der Waals surface area contributed by atoms with E-state index in [9.17, 15) is 13.2 Å². The number of rotatable bonds is 4. The lowest BCUT2D eigenvalue weighted by molar-refractivity contribution is -0.137. The standard InChI is InChI=1S/C11H12F3N7/c12-11(13,14)6-1-3-7(4-2-6)17-10-18-8(20-15)5-9(19-10)21-16/h1-5H,15-16H2,(H3,17,18,19,20,21). The first-order chi connectivity index (χ1) is 9.92. The van der Waals surface area contributed by atoms with Gasteiger partial charge in [-0.25, -0.2) is 11.7 Å². The molecular formula is C11H12F3N7. The van der Waals surface area contributed by atoms with Crippen molar-refractivity contribution in [3.05, 3.63) is 35.9 Å². The third-order valence-electron chi connectivity index (χ3n) is 2.49. The zero-order chi connectivity index (χ0) is 15.5. The van der Waals surface area contributed by atoms with E-state index in [2.05, 4.69) is 26.1 Å². The van der Waals surface area contributed by atoms with E-state index in [1.165, 1.54) is 18.2 Å². The molecule has 10 heteroatoms. The highest BCUT2D eigenvalue weighted by Gasteiger charge is 2.29. The van der Waals surface area contributed by atoms with Gasteiger partial charge in [0.25, 0.3) is 0 Å². The Morgan fingerprint density at radius 1 is 0.905 bits per heavy atom. The molecule has 7 nitrogen and oxygen atoms in total. The number of nitrogen functional groups attached to an aromatic ring is 2. The molecule has 0 bridgehead atoms. The molecule has 0 amide bonds. The summed E-state index contributed by atoms with van der Waals surface area (Å²) in [5.41, 5.74) is 4.29. The van der Waals surface area contributed by atoms with Crippen LogP contribution in [0.2, 0.25) is 0 Å². The minimum Gasteiger partial charge on any atom is -0.324 e. The van der Waals surface area contributed by atoms with E-state index in [1.807, 2.05) is 0 Å². The second kappa shape index (κ2) is 5.81. The number of alkyl halides is 3. The van der Waals surface area contributed by atoms with Crippen molar-refractivity contribution in [2.24, 2.45) is 11.7 Å². The minimum atomic E-state index is -4.38. The lowest BCUT2D eigenvalue weighted by Crippen LogP contribution is -2.14. The van der Waals surface area contributed by atoms with Gasteiger partial charge in [0.1, 0.15) is 11.6 Å². The summed E-state index contributed by atoms with van der Waals surface area (Å²) in [6.45, 7) is 0. The van der Waals surface area contributed by atoms with Gasteiger partial charge >= 0.3 is 6.18 Å². The lowest BCUT2D eigenvalue weighted by atomic mass is 10.2. The van der Waals surface area contributed by atoms with E-state index >= 15 is 0 Å². The maximum Gasteiger partial charge on any atom is 0.416 e. The van der Waals surface area contributed by atoms with Crippen LogP contribution in [0, 0.1) is 0 Å². The summed E-state index contributed by atoms with van der Waals surface area (Å²) in [5, 5.41) is 2.75. The second-order valence-electron chi connectivity index (χ2n) is 3.95. The highest BCUT2D eigenvalue weighted by molar-refractivity contribution is 5.58. The predicted molar refractivity (Wildman–Crippen MR) is 72.4 cm³/mol. The Morgan fingerprint density at radius 2 is 1.43 bits per heavy atom. The number of nitrogens with zero attached hydrogens (tertiary/aromatic N) is 2. The molecule has 0 atom stereocenters. The largest absolute Gasteiger partial charge is 0.416 e. The van der Waals surface area contributed by atoms with Crippen LogP contribution < -0.4 is 27.9 Å². The molecule has 21 heavy (non-hydrogen) atoms. The fraction of sp³-hybridized carbons (Fsp3) is 0.0909. The topological polar surface area (TPSA) is 114 Å². The van der Waals surface area contributed by atoms with Gasteiger partial charge in [-0.3, -0.25) is 0 Å². The third kappa shape index (κ3) is 3.70. The van der Waals surface area contributed by atoms with Crippen LogP contribution in [-0.4, -0.2) is 9.97 Å². The van der Waals surface area contributed by atoms with Crippen molar-refractivity contribution in [1.82, 2.24) is 9.97 Å². The van der Waals surface area contributed by atoms with Crippen molar-refractivity contribution < 1.29 is 13.2 Å². The molecule has 112 valence electrons. The van der Waals surface area contributed by atoms with Crippen molar-refractivity contribution in [2.45, 2.75) is 6.18 Å². The Bertz CT molecular complexity index is 590. The summed E-state index contributed by atoms with van der Waals surface area (Å²) >= 11 is 0. The molecule has 2 aromatic rings. The molecule has 0 aliphatic carbocycles. The summed E-state index contributed by atoms with van der Waals surface area (Å²) in [6, 6.07) is 5.90. The summed E-state index contributed by atoms with van der Waals surface area (Å²) < 4.78 is 37.4. The van der Waals surface area contributed by atoms with E-state index in [0.29, 0.717) is 5.69 Å². The Labute approximate surface area is 117 Å². The summed E-state index contributed by atoms with van der Waals surface area (Å²) in [6.07, 6.45) is -4.38. The number of benzene rings is 1. The van der Waals surface area contributed by atoms with Gasteiger partial charge in [0.2, 0.25) is 5.95 Å². The van der Waals surface area contributed by atoms with Gasteiger partial charge in [0.05, 0.1) is 5.56 Å². The second-order valence-corrected chi connectivity index (χ2v) is 3.95. The molecule has 0 radical (unpaired) electrons. The lowest BCUT2D eigenvalue weighted by Gasteiger charge is -2.10. The van der Waals surface area contributed by atoms with E-state index in [-0.39, 0.29) is 17.6 Å². The fourth-order valence-electron chi connectivity index (χ4n) is 1.52. The zero-order valence-electron chi connectivity index (χ0n) is 10.6. The molecule has 2 rings (SSSR count). The Kier molecular flexibility index (Phi) is 4.10. The number of aromatic nitrogens is 2. The first-order valence-electron chi connectivity index (χ1n) is 5.69. The van der Waals surface area contributed by atoms with Crippen molar-refractivity contribution in [3.63, 3.8) is 0 Å². The summed E-state index contributed by atoms with van der Waals surface area (Å²) in [4.78, 5) is 7.98. The Hall–Kier alpha value is -2.59. The van der Waals surface area contributed by atoms with Gasteiger partial charge in [-0.1, -0.05) is 0 Å². The number of hydrazine groups is 2. The van der Waals surface area contributed by atoms with E-state index in [0.717, 1.165) is 12.1 Å². The smallest absolute Gasteiger partial charge is 0.324 e. The molecule has 0 unspecified atom stereocenters. The molecule has 0 aliphatic rings. The van der Waals surface area contributed by atoms with Crippen LogP contribution in [0.5, 0.6) is 0 Å². The molecule has 0 spiro atoms. The Morgan fingerprint density at radius 3 is 1.86 bits per heavy atom. The van der Waals surface area contributed by atoms with Gasteiger partial charge in [-0.2, -0.15) is 23.1 Å². The minimum absolute atomic E-state index is 0.123. The van der Waals surface area contributed by atoms with Crippen molar-refractivity contribution in [3.8, 4) is 0 Å².